The molecule has 0 aliphatic heterocycles. The average molecular weight is 261 g/mol. The maximum atomic E-state index is 6.07. The van der Waals surface area contributed by atoms with Gasteiger partial charge < -0.3 is 5.32 Å². The SMILES string of the molecule is ClCC1(NCc2ccnc3ccccc23)CCC1. The number of alkyl halides is 1. The molecule has 0 unspecified atom stereocenters. The Morgan fingerprint density at radius 2 is 2.06 bits per heavy atom. The number of para-hydroxylation sites is 1. The number of halogens is 1. The molecule has 0 radical (unpaired) electrons. The number of benzene rings is 1. The molecule has 1 aliphatic carbocycles. The van der Waals surface area contributed by atoms with E-state index in [1.807, 2.05) is 12.3 Å². The average Bonchev–Trinajstić information content (AvgIpc) is 2.38. The van der Waals surface area contributed by atoms with Gasteiger partial charge in [0, 0.05) is 29.5 Å². The van der Waals surface area contributed by atoms with Crippen LogP contribution in [0.4, 0.5) is 0 Å². The van der Waals surface area contributed by atoms with E-state index in [-0.39, 0.29) is 5.54 Å². The summed E-state index contributed by atoms with van der Waals surface area (Å²) >= 11 is 6.07. The molecule has 1 aliphatic rings. The molecule has 94 valence electrons. The van der Waals surface area contributed by atoms with Crippen LogP contribution in [0.1, 0.15) is 24.8 Å². The third kappa shape index (κ3) is 2.11. The highest BCUT2D eigenvalue weighted by Crippen LogP contribution is 2.33. The first-order chi connectivity index (χ1) is 8.83. The molecular formula is C15H17ClN2. The van der Waals surface area contributed by atoms with Crippen LogP contribution in [0.15, 0.2) is 36.5 Å². The molecule has 0 bridgehead atoms. The summed E-state index contributed by atoms with van der Waals surface area (Å²) in [6.45, 7) is 0.871. The largest absolute Gasteiger partial charge is 0.306 e. The standard InChI is InChI=1S/C15H17ClN2/c16-11-15(7-3-8-15)18-10-12-6-9-17-14-5-2-1-4-13(12)14/h1-2,4-6,9,18H,3,7-8,10-11H2. The molecule has 0 amide bonds. The first-order valence-electron chi connectivity index (χ1n) is 6.47. The van der Waals surface area contributed by atoms with Crippen molar-refractivity contribution in [2.45, 2.75) is 31.3 Å². The van der Waals surface area contributed by atoms with Gasteiger partial charge in [-0.2, -0.15) is 0 Å². The highest BCUT2D eigenvalue weighted by molar-refractivity contribution is 6.18. The van der Waals surface area contributed by atoms with Crippen LogP contribution in [-0.2, 0) is 6.54 Å². The summed E-state index contributed by atoms with van der Waals surface area (Å²) in [5.41, 5.74) is 2.54. The Labute approximate surface area is 112 Å². The lowest BCUT2D eigenvalue weighted by atomic mass is 9.78. The van der Waals surface area contributed by atoms with Gasteiger partial charge in [-0.25, -0.2) is 0 Å². The van der Waals surface area contributed by atoms with E-state index in [9.17, 15) is 0 Å². The van der Waals surface area contributed by atoms with Crippen LogP contribution in [0.25, 0.3) is 10.9 Å². The number of hydrogen-bond acceptors (Lipinski definition) is 2. The van der Waals surface area contributed by atoms with Gasteiger partial charge in [0.2, 0.25) is 0 Å². The van der Waals surface area contributed by atoms with Gasteiger partial charge in [0.15, 0.2) is 0 Å². The summed E-state index contributed by atoms with van der Waals surface area (Å²) in [7, 11) is 0. The Kier molecular flexibility index (Phi) is 3.23. The van der Waals surface area contributed by atoms with E-state index in [1.165, 1.54) is 30.2 Å². The second-order valence-corrected chi connectivity index (χ2v) is 5.38. The zero-order valence-corrected chi connectivity index (χ0v) is 11.1. The molecule has 1 fully saturated rings. The number of hydrogen-bond donors (Lipinski definition) is 1. The van der Waals surface area contributed by atoms with Gasteiger partial charge in [-0.3, -0.25) is 4.98 Å². The fourth-order valence-electron chi connectivity index (χ4n) is 2.55. The molecule has 3 rings (SSSR count). The summed E-state index contributed by atoms with van der Waals surface area (Å²) in [6.07, 6.45) is 5.56. The predicted molar refractivity (Wildman–Crippen MR) is 75.9 cm³/mol. The van der Waals surface area contributed by atoms with Crippen LogP contribution in [0.3, 0.4) is 0 Å². The molecule has 0 spiro atoms. The number of fused-ring (bicyclic) bond motifs is 1. The van der Waals surface area contributed by atoms with Gasteiger partial charge in [-0.05, 0) is 37.0 Å². The number of aromatic nitrogens is 1. The zero-order chi connectivity index (χ0) is 12.4. The van der Waals surface area contributed by atoms with Crippen molar-refractivity contribution in [3.8, 4) is 0 Å². The van der Waals surface area contributed by atoms with E-state index in [0.29, 0.717) is 5.88 Å². The maximum absolute atomic E-state index is 6.07. The van der Waals surface area contributed by atoms with Gasteiger partial charge in [0.05, 0.1) is 5.52 Å². The number of nitrogens with one attached hydrogen (secondary N) is 1. The van der Waals surface area contributed by atoms with Crippen LogP contribution < -0.4 is 5.32 Å². The van der Waals surface area contributed by atoms with E-state index in [2.05, 4.69) is 34.6 Å². The van der Waals surface area contributed by atoms with Crippen LogP contribution in [0.2, 0.25) is 0 Å². The smallest absolute Gasteiger partial charge is 0.0705 e. The van der Waals surface area contributed by atoms with Gasteiger partial charge in [-0.1, -0.05) is 18.2 Å². The molecule has 1 saturated carbocycles. The number of nitrogens with zero attached hydrogens (tertiary/aromatic N) is 1. The second kappa shape index (κ2) is 4.87. The molecule has 1 heterocycles. The van der Waals surface area contributed by atoms with Gasteiger partial charge in [0.25, 0.3) is 0 Å². The van der Waals surface area contributed by atoms with Crippen LogP contribution in [0, 0.1) is 0 Å². The van der Waals surface area contributed by atoms with Crippen molar-refractivity contribution in [1.82, 2.24) is 10.3 Å². The van der Waals surface area contributed by atoms with Crippen molar-refractivity contribution >= 4 is 22.5 Å². The van der Waals surface area contributed by atoms with Crippen molar-refractivity contribution in [3.05, 3.63) is 42.1 Å². The van der Waals surface area contributed by atoms with Gasteiger partial charge >= 0.3 is 0 Å². The Bertz CT molecular complexity index is 538. The van der Waals surface area contributed by atoms with Crippen molar-refractivity contribution in [2.24, 2.45) is 0 Å². The fourth-order valence-corrected chi connectivity index (χ4v) is 2.91. The quantitative estimate of drug-likeness (QED) is 0.852. The number of pyridine rings is 1. The van der Waals surface area contributed by atoms with Crippen LogP contribution >= 0.6 is 11.6 Å². The third-order valence-corrected chi connectivity index (χ3v) is 4.47. The molecule has 0 saturated heterocycles. The molecule has 0 atom stereocenters. The first-order valence-corrected chi connectivity index (χ1v) is 7.00. The van der Waals surface area contributed by atoms with Gasteiger partial charge in [-0.15, -0.1) is 11.6 Å². The third-order valence-electron chi connectivity index (χ3n) is 3.96. The Morgan fingerprint density at radius 1 is 1.22 bits per heavy atom. The van der Waals surface area contributed by atoms with E-state index >= 15 is 0 Å². The van der Waals surface area contributed by atoms with E-state index < -0.39 is 0 Å². The minimum absolute atomic E-state index is 0.173. The van der Waals surface area contributed by atoms with Crippen LogP contribution in [0.5, 0.6) is 0 Å². The second-order valence-electron chi connectivity index (χ2n) is 5.11. The van der Waals surface area contributed by atoms with E-state index in [4.69, 9.17) is 11.6 Å². The summed E-state index contributed by atoms with van der Waals surface area (Å²) in [4.78, 5) is 4.39. The lowest BCUT2D eigenvalue weighted by Gasteiger charge is -2.41. The van der Waals surface area contributed by atoms with E-state index in [1.54, 1.807) is 0 Å². The lowest BCUT2D eigenvalue weighted by molar-refractivity contribution is 0.211. The molecule has 1 N–H and O–H groups in total. The molecule has 2 aromatic rings. The summed E-state index contributed by atoms with van der Waals surface area (Å²) in [6, 6.07) is 10.4. The highest BCUT2D eigenvalue weighted by Gasteiger charge is 2.35. The molecule has 3 heteroatoms. The lowest BCUT2D eigenvalue weighted by Crippen LogP contribution is -2.52. The molecule has 1 aromatic heterocycles. The fraction of sp³-hybridized carbons (Fsp3) is 0.400. The summed E-state index contributed by atoms with van der Waals surface area (Å²) < 4.78 is 0. The minimum Gasteiger partial charge on any atom is -0.306 e. The molecule has 2 nitrogen and oxygen atoms in total. The van der Waals surface area contributed by atoms with Gasteiger partial charge in [0.1, 0.15) is 0 Å². The first kappa shape index (κ1) is 11.9. The maximum Gasteiger partial charge on any atom is 0.0705 e. The summed E-state index contributed by atoms with van der Waals surface area (Å²) in [5, 5.41) is 4.86. The van der Waals surface area contributed by atoms with Crippen molar-refractivity contribution in [3.63, 3.8) is 0 Å². The number of rotatable bonds is 4. The Balaban J connectivity index is 1.82. The van der Waals surface area contributed by atoms with Crippen LogP contribution in [-0.4, -0.2) is 16.4 Å². The Hall–Kier alpha value is -1.12. The topological polar surface area (TPSA) is 24.9 Å². The van der Waals surface area contributed by atoms with Crippen molar-refractivity contribution in [2.75, 3.05) is 5.88 Å². The zero-order valence-electron chi connectivity index (χ0n) is 10.3. The highest BCUT2D eigenvalue weighted by atomic mass is 35.5. The summed E-state index contributed by atoms with van der Waals surface area (Å²) in [5.74, 6) is 0.704. The van der Waals surface area contributed by atoms with Crippen molar-refractivity contribution < 1.29 is 0 Å². The van der Waals surface area contributed by atoms with Crippen molar-refractivity contribution in [1.29, 1.82) is 0 Å². The monoisotopic (exact) mass is 260 g/mol. The predicted octanol–water partition coefficient (Wildman–Crippen LogP) is 3.49. The van der Waals surface area contributed by atoms with E-state index in [0.717, 1.165) is 12.1 Å². The minimum atomic E-state index is 0.173. The normalized spacial score (nSPS) is 17.6. The molecule has 1 aromatic carbocycles. The Morgan fingerprint density at radius 3 is 2.78 bits per heavy atom. The molecule has 18 heavy (non-hydrogen) atoms. The molecular weight excluding hydrogens is 244 g/mol.